The Hall–Kier alpha value is -2.27. The molecule has 0 saturated heterocycles. The number of hydrazone groups is 1. The molecular formula is C16H17N3OS. The van der Waals surface area contributed by atoms with Gasteiger partial charge in [0.2, 0.25) is 5.91 Å². The summed E-state index contributed by atoms with van der Waals surface area (Å²) in [5.41, 5.74) is 5.36. The molecule has 1 N–H and O–H groups in total. The van der Waals surface area contributed by atoms with Gasteiger partial charge in [0, 0.05) is 5.38 Å². The van der Waals surface area contributed by atoms with Crippen molar-refractivity contribution in [2.24, 2.45) is 5.10 Å². The summed E-state index contributed by atoms with van der Waals surface area (Å²) in [5.74, 6) is -0.163. The summed E-state index contributed by atoms with van der Waals surface area (Å²) in [4.78, 5) is 15.9. The minimum Gasteiger partial charge on any atom is -0.273 e. The Balaban J connectivity index is 1.84. The minimum absolute atomic E-state index is 0.163. The van der Waals surface area contributed by atoms with Crippen molar-refractivity contribution in [1.82, 2.24) is 10.4 Å². The van der Waals surface area contributed by atoms with Crippen LogP contribution in [0.1, 0.15) is 23.2 Å². The first kappa shape index (κ1) is 15.1. The normalized spacial score (nSPS) is 11.8. The van der Waals surface area contributed by atoms with Crippen LogP contribution in [-0.4, -0.2) is 17.1 Å². The van der Waals surface area contributed by atoms with Crippen LogP contribution < -0.4 is 5.43 Å². The van der Waals surface area contributed by atoms with Gasteiger partial charge in [-0.05, 0) is 25.0 Å². The van der Waals surface area contributed by atoms with Gasteiger partial charge in [0.15, 0.2) is 0 Å². The molecule has 0 aliphatic rings. The zero-order chi connectivity index (χ0) is 15.1. The van der Waals surface area contributed by atoms with Crippen molar-refractivity contribution in [1.29, 1.82) is 0 Å². The van der Waals surface area contributed by atoms with Gasteiger partial charge in [-0.2, -0.15) is 5.10 Å². The summed E-state index contributed by atoms with van der Waals surface area (Å²) in [6, 6.07) is 9.96. The number of nitrogens with one attached hydrogen (secondary N) is 1. The molecule has 0 fully saturated rings. The predicted octanol–water partition coefficient (Wildman–Crippen LogP) is 3.20. The fraction of sp³-hybridized carbons (Fsp3) is 0.188. The van der Waals surface area contributed by atoms with Gasteiger partial charge in [-0.15, -0.1) is 11.3 Å². The fourth-order valence-corrected chi connectivity index (χ4v) is 2.36. The molecule has 0 unspecified atom stereocenters. The molecule has 0 aliphatic carbocycles. The topological polar surface area (TPSA) is 54.4 Å². The summed E-state index contributed by atoms with van der Waals surface area (Å²) in [6.45, 7) is 3.86. The monoisotopic (exact) mass is 299 g/mol. The summed E-state index contributed by atoms with van der Waals surface area (Å²) in [5, 5.41) is 6.80. The lowest BCUT2D eigenvalue weighted by Gasteiger charge is -1.97. The zero-order valence-corrected chi connectivity index (χ0v) is 12.9. The smallest absolute Gasteiger partial charge is 0.246 e. The Labute approximate surface area is 128 Å². The second kappa shape index (κ2) is 7.50. The van der Waals surface area contributed by atoms with Crippen molar-refractivity contribution in [3.05, 3.63) is 57.6 Å². The molecule has 21 heavy (non-hydrogen) atoms. The van der Waals surface area contributed by atoms with E-state index >= 15 is 0 Å². The van der Waals surface area contributed by atoms with Crippen LogP contribution in [0.25, 0.3) is 6.08 Å². The average molecular weight is 299 g/mol. The number of nitrogens with zero attached hydrogens (tertiary/aromatic N) is 2. The third-order valence-electron chi connectivity index (χ3n) is 2.66. The number of carbonyl (C=O) groups is 1. The molecule has 1 amide bonds. The largest absolute Gasteiger partial charge is 0.273 e. The molecule has 2 aromatic rings. The summed E-state index contributed by atoms with van der Waals surface area (Å²) < 4.78 is 0. The maximum atomic E-state index is 11.7. The van der Waals surface area contributed by atoms with E-state index in [0.717, 1.165) is 21.8 Å². The second-order valence-corrected chi connectivity index (χ2v) is 5.69. The molecule has 0 atom stereocenters. The van der Waals surface area contributed by atoms with E-state index in [0.29, 0.717) is 0 Å². The molecule has 0 saturated carbocycles. The molecule has 0 bridgehead atoms. The molecule has 0 spiro atoms. The van der Waals surface area contributed by atoms with Gasteiger partial charge in [-0.25, -0.2) is 10.4 Å². The van der Waals surface area contributed by atoms with Crippen LogP contribution in [0.3, 0.4) is 0 Å². The van der Waals surface area contributed by atoms with E-state index in [1.807, 2.05) is 55.6 Å². The molecule has 2 rings (SSSR count). The molecule has 108 valence electrons. The highest BCUT2D eigenvalue weighted by molar-refractivity contribution is 7.09. The standard InChI is InChI=1S/C16H17N3OS/c1-12(8-14-6-4-3-5-7-14)10-17-19-16(20)9-15-11-21-13(2)18-15/h3-8,10-11H,9H2,1-2H3,(H,19,20). The first-order valence-corrected chi connectivity index (χ1v) is 7.48. The number of thiazole rings is 1. The molecule has 4 nitrogen and oxygen atoms in total. The third kappa shape index (κ3) is 5.31. The Bertz CT molecular complexity index is 659. The molecule has 5 heteroatoms. The van der Waals surface area contributed by atoms with Gasteiger partial charge in [0.1, 0.15) is 0 Å². The van der Waals surface area contributed by atoms with Gasteiger partial charge in [-0.1, -0.05) is 36.4 Å². The second-order valence-electron chi connectivity index (χ2n) is 4.63. The number of hydrogen-bond donors (Lipinski definition) is 1. The van der Waals surface area contributed by atoms with Crippen molar-refractivity contribution in [3.8, 4) is 0 Å². The number of allylic oxidation sites excluding steroid dienone is 1. The predicted molar refractivity (Wildman–Crippen MR) is 87.3 cm³/mol. The zero-order valence-electron chi connectivity index (χ0n) is 12.0. The SMILES string of the molecule is CC(C=NNC(=O)Cc1csc(C)n1)=Cc1ccccc1. The van der Waals surface area contributed by atoms with Gasteiger partial charge in [0.05, 0.1) is 23.3 Å². The number of amides is 1. The van der Waals surface area contributed by atoms with E-state index < -0.39 is 0 Å². The molecule has 0 radical (unpaired) electrons. The Kier molecular flexibility index (Phi) is 5.40. The van der Waals surface area contributed by atoms with Gasteiger partial charge < -0.3 is 0 Å². The molecule has 0 aliphatic heterocycles. The van der Waals surface area contributed by atoms with Crippen molar-refractivity contribution < 1.29 is 4.79 Å². The highest BCUT2D eigenvalue weighted by atomic mass is 32.1. The molecule has 1 aromatic heterocycles. The summed E-state index contributed by atoms with van der Waals surface area (Å²) in [6.07, 6.45) is 3.89. The van der Waals surface area contributed by atoms with Crippen LogP contribution in [0.4, 0.5) is 0 Å². The first-order valence-electron chi connectivity index (χ1n) is 6.60. The lowest BCUT2D eigenvalue weighted by atomic mass is 10.1. The Morgan fingerprint density at radius 2 is 2.14 bits per heavy atom. The van der Waals surface area contributed by atoms with Crippen molar-refractivity contribution >= 4 is 29.5 Å². The quantitative estimate of drug-likeness (QED) is 0.681. The molecular weight excluding hydrogens is 282 g/mol. The van der Waals surface area contributed by atoms with Crippen LogP contribution in [0.5, 0.6) is 0 Å². The van der Waals surface area contributed by atoms with E-state index in [1.165, 1.54) is 11.3 Å². The maximum absolute atomic E-state index is 11.7. The highest BCUT2D eigenvalue weighted by Gasteiger charge is 2.04. The lowest BCUT2D eigenvalue weighted by Crippen LogP contribution is -2.19. The van der Waals surface area contributed by atoms with Crippen molar-refractivity contribution in [2.45, 2.75) is 20.3 Å². The molecule has 1 heterocycles. The first-order chi connectivity index (χ1) is 10.1. The van der Waals surface area contributed by atoms with Crippen LogP contribution in [0, 0.1) is 6.92 Å². The summed E-state index contributed by atoms with van der Waals surface area (Å²) in [7, 11) is 0. The highest BCUT2D eigenvalue weighted by Crippen LogP contribution is 2.08. The van der Waals surface area contributed by atoms with E-state index in [9.17, 15) is 4.79 Å². The number of aromatic nitrogens is 1. The number of hydrogen-bond acceptors (Lipinski definition) is 4. The van der Waals surface area contributed by atoms with Gasteiger partial charge in [-0.3, -0.25) is 4.79 Å². The van der Waals surface area contributed by atoms with Gasteiger partial charge >= 0.3 is 0 Å². The van der Waals surface area contributed by atoms with E-state index in [2.05, 4.69) is 15.5 Å². The fourth-order valence-electron chi connectivity index (χ4n) is 1.75. The van der Waals surface area contributed by atoms with E-state index in [4.69, 9.17) is 0 Å². The molecule has 1 aromatic carbocycles. The Morgan fingerprint density at radius 1 is 1.38 bits per heavy atom. The average Bonchev–Trinajstić information content (AvgIpc) is 2.85. The number of aryl methyl sites for hydroxylation is 1. The van der Waals surface area contributed by atoms with Crippen molar-refractivity contribution in [2.75, 3.05) is 0 Å². The van der Waals surface area contributed by atoms with Crippen LogP contribution in [-0.2, 0) is 11.2 Å². The lowest BCUT2D eigenvalue weighted by molar-refractivity contribution is -0.120. The summed E-state index contributed by atoms with van der Waals surface area (Å²) >= 11 is 1.54. The van der Waals surface area contributed by atoms with Crippen LogP contribution >= 0.6 is 11.3 Å². The number of benzene rings is 1. The van der Waals surface area contributed by atoms with E-state index in [-0.39, 0.29) is 12.3 Å². The maximum Gasteiger partial charge on any atom is 0.246 e. The minimum atomic E-state index is -0.163. The number of carbonyl (C=O) groups excluding carboxylic acids is 1. The van der Waals surface area contributed by atoms with Crippen molar-refractivity contribution in [3.63, 3.8) is 0 Å². The number of rotatable bonds is 5. The Morgan fingerprint density at radius 3 is 2.81 bits per heavy atom. The third-order valence-corrected chi connectivity index (χ3v) is 3.48. The van der Waals surface area contributed by atoms with Crippen LogP contribution in [0.2, 0.25) is 0 Å². The van der Waals surface area contributed by atoms with Crippen LogP contribution in [0.15, 0.2) is 46.4 Å². The van der Waals surface area contributed by atoms with E-state index in [1.54, 1.807) is 6.21 Å². The van der Waals surface area contributed by atoms with Gasteiger partial charge in [0.25, 0.3) is 0 Å².